The van der Waals surface area contributed by atoms with Gasteiger partial charge >= 0.3 is 12.1 Å². The van der Waals surface area contributed by atoms with Crippen LogP contribution in [0.4, 0.5) is 23.8 Å². The number of hydrogen-bond acceptors (Lipinski definition) is 10. The molecule has 11 nitrogen and oxygen atoms in total. The van der Waals surface area contributed by atoms with E-state index in [4.69, 9.17) is 30.4 Å². The number of pyridine rings is 1. The molecule has 0 bridgehead atoms. The van der Waals surface area contributed by atoms with Crippen molar-refractivity contribution in [2.24, 2.45) is 0 Å². The number of nitrogens with zero attached hydrogens (tertiary/aromatic N) is 6. The first kappa shape index (κ1) is 35.3. The predicted molar refractivity (Wildman–Crippen MR) is 192 cm³/mol. The van der Waals surface area contributed by atoms with Gasteiger partial charge in [0, 0.05) is 63.5 Å². The monoisotopic (exact) mass is 730 g/mol. The number of halogens is 3. The third-order valence-corrected chi connectivity index (χ3v) is 11.0. The molecule has 4 saturated heterocycles. The summed E-state index contributed by atoms with van der Waals surface area (Å²) in [5, 5.41) is 1.00. The Bertz CT molecular complexity index is 2090. The Labute approximate surface area is 305 Å². The number of likely N-dealkylation sites (tertiary alicyclic amines) is 1. The lowest BCUT2D eigenvalue weighted by Gasteiger charge is -2.31. The Kier molecular flexibility index (Phi) is 9.74. The SMILES string of the molecule is C#Cc1c(F)ccc2cc(OC(=O)N3CCC[C@H]3COC)cc(-c3ncc4c(N5CCCOCC5)nc(OC[C@@]56CCCN5C[C@H](F)C6)nc4c3F)c12. The van der Waals surface area contributed by atoms with Crippen molar-refractivity contribution in [3.8, 4) is 35.4 Å². The van der Waals surface area contributed by atoms with Crippen LogP contribution in [-0.4, -0.2) is 115 Å². The van der Waals surface area contributed by atoms with Gasteiger partial charge in [-0.3, -0.25) is 9.88 Å². The first-order valence-corrected chi connectivity index (χ1v) is 18.2. The lowest BCUT2D eigenvalue weighted by atomic mass is 9.95. The number of rotatable bonds is 8. The maximum atomic E-state index is 17.2. The van der Waals surface area contributed by atoms with Crippen LogP contribution in [0.2, 0.25) is 0 Å². The van der Waals surface area contributed by atoms with Gasteiger partial charge in [0.05, 0.1) is 35.7 Å². The van der Waals surface area contributed by atoms with Crippen LogP contribution in [0.5, 0.6) is 11.8 Å². The lowest BCUT2D eigenvalue weighted by molar-refractivity contribution is 0.103. The summed E-state index contributed by atoms with van der Waals surface area (Å²) in [6.45, 7) is 4.31. The summed E-state index contributed by atoms with van der Waals surface area (Å²) in [4.78, 5) is 33.0. The number of ether oxygens (including phenoxy) is 4. The molecule has 0 N–H and O–H groups in total. The second-order valence-electron chi connectivity index (χ2n) is 14.3. The molecule has 3 atom stereocenters. The van der Waals surface area contributed by atoms with Gasteiger partial charge in [-0.05, 0) is 62.2 Å². The molecule has 2 aromatic carbocycles. The van der Waals surface area contributed by atoms with Crippen molar-refractivity contribution in [1.82, 2.24) is 24.8 Å². The molecule has 6 heterocycles. The van der Waals surface area contributed by atoms with E-state index in [1.165, 1.54) is 24.4 Å². The van der Waals surface area contributed by atoms with E-state index < -0.39 is 29.4 Å². The Morgan fingerprint density at radius 1 is 1.11 bits per heavy atom. The van der Waals surface area contributed by atoms with Crippen molar-refractivity contribution in [2.45, 2.75) is 56.3 Å². The number of fused-ring (bicyclic) bond motifs is 3. The largest absolute Gasteiger partial charge is 0.461 e. The van der Waals surface area contributed by atoms with Crippen molar-refractivity contribution >= 4 is 33.6 Å². The van der Waals surface area contributed by atoms with E-state index in [-0.39, 0.29) is 52.1 Å². The van der Waals surface area contributed by atoms with E-state index in [1.54, 1.807) is 18.1 Å². The van der Waals surface area contributed by atoms with E-state index in [0.29, 0.717) is 69.0 Å². The van der Waals surface area contributed by atoms with Crippen molar-refractivity contribution in [1.29, 1.82) is 0 Å². The first-order valence-electron chi connectivity index (χ1n) is 18.2. The maximum absolute atomic E-state index is 17.2. The van der Waals surface area contributed by atoms with E-state index in [2.05, 4.69) is 20.8 Å². The molecule has 278 valence electrons. The third kappa shape index (κ3) is 6.59. The predicted octanol–water partition coefficient (Wildman–Crippen LogP) is 5.90. The van der Waals surface area contributed by atoms with Crippen LogP contribution >= 0.6 is 0 Å². The quantitative estimate of drug-likeness (QED) is 0.204. The minimum atomic E-state index is -0.945. The fraction of sp³-hybridized carbons (Fsp3) is 0.487. The number of terminal acetylenes is 1. The van der Waals surface area contributed by atoms with Crippen LogP contribution in [0.15, 0.2) is 30.5 Å². The minimum absolute atomic E-state index is 0.0450. The number of hydrogen-bond donors (Lipinski definition) is 0. The molecule has 2 aromatic heterocycles. The van der Waals surface area contributed by atoms with Gasteiger partial charge in [-0.1, -0.05) is 12.0 Å². The fourth-order valence-electron chi connectivity index (χ4n) is 8.52. The number of anilines is 1. The lowest BCUT2D eigenvalue weighted by Crippen LogP contribution is -2.43. The molecular weight excluding hydrogens is 689 g/mol. The molecule has 0 spiro atoms. The van der Waals surface area contributed by atoms with Crippen LogP contribution in [0.25, 0.3) is 32.9 Å². The number of benzene rings is 2. The van der Waals surface area contributed by atoms with Gasteiger partial charge in [-0.25, -0.2) is 18.0 Å². The molecule has 14 heteroatoms. The standard InChI is InChI=1S/C39H41F3N6O5/c1-3-28-31(41)9-8-24-17-27(53-38(49)48-13-4-7-26(48)22-50-2)18-29(32(24)28)34-33(42)35-30(20-43-34)36(46-11-6-15-51-16-14-46)45-37(44-35)52-23-39-10-5-12-47(39)21-25(40)19-39/h1,8-9,17-18,20,25-26H,4-7,10-16,19,21-23H2,2H3/t25-,26+,39+/m1/s1. The summed E-state index contributed by atoms with van der Waals surface area (Å²) in [6, 6.07) is 5.56. The van der Waals surface area contributed by atoms with E-state index in [9.17, 15) is 9.18 Å². The number of alkyl halides is 1. The van der Waals surface area contributed by atoms with Gasteiger partial charge in [-0.15, -0.1) is 6.42 Å². The Morgan fingerprint density at radius 3 is 2.85 bits per heavy atom. The molecule has 0 radical (unpaired) electrons. The van der Waals surface area contributed by atoms with Crippen molar-refractivity contribution < 1.29 is 36.9 Å². The molecule has 0 saturated carbocycles. The Morgan fingerprint density at radius 2 is 2.00 bits per heavy atom. The zero-order valence-corrected chi connectivity index (χ0v) is 29.6. The summed E-state index contributed by atoms with van der Waals surface area (Å²) in [6.07, 6.45) is 10.2. The molecule has 4 aliphatic rings. The van der Waals surface area contributed by atoms with Crippen molar-refractivity contribution in [3.05, 3.63) is 47.7 Å². The Hall–Kier alpha value is -4.71. The molecule has 4 aliphatic heterocycles. The Balaban J connectivity index is 1.24. The molecule has 0 aliphatic carbocycles. The van der Waals surface area contributed by atoms with Crippen molar-refractivity contribution in [3.63, 3.8) is 0 Å². The zero-order valence-electron chi connectivity index (χ0n) is 29.6. The molecule has 4 fully saturated rings. The number of methoxy groups -OCH3 is 1. The number of aromatic nitrogens is 3. The number of amides is 1. The van der Waals surface area contributed by atoms with Crippen LogP contribution < -0.4 is 14.4 Å². The van der Waals surface area contributed by atoms with Crippen LogP contribution in [0, 0.1) is 24.0 Å². The smallest absolute Gasteiger partial charge is 0.415 e. The highest BCUT2D eigenvalue weighted by molar-refractivity contribution is 6.03. The molecule has 8 rings (SSSR count). The topological polar surface area (TPSA) is 102 Å². The third-order valence-electron chi connectivity index (χ3n) is 11.0. The summed E-state index contributed by atoms with van der Waals surface area (Å²) in [7, 11) is 1.58. The fourth-order valence-corrected chi connectivity index (χ4v) is 8.52. The van der Waals surface area contributed by atoms with Crippen molar-refractivity contribution in [2.75, 3.05) is 71.2 Å². The second kappa shape index (κ2) is 14.6. The summed E-state index contributed by atoms with van der Waals surface area (Å²) >= 11 is 0. The van der Waals surface area contributed by atoms with Gasteiger partial charge in [0.25, 0.3) is 0 Å². The number of carbonyl (C=O) groups is 1. The number of carbonyl (C=O) groups excluding carboxylic acids is 1. The summed E-state index contributed by atoms with van der Waals surface area (Å²) in [5.74, 6) is 1.47. The molecule has 53 heavy (non-hydrogen) atoms. The van der Waals surface area contributed by atoms with Crippen LogP contribution in [0.1, 0.15) is 44.1 Å². The highest BCUT2D eigenvalue weighted by atomic mass is 19.1. The normalized spacial score (nSPS) is 23.4. The van der Waals surface area contributed by atoms with Gasteiger partial charge < -0.3 is 28.7 Å². The van der Waals surface area contributed by atoms with Gasteiger partial charge in [0.15, 0.2) is 5.82 Å². The summed E-state index contributed by atoms with van der Waals surface area (Å²) in [5.41, 5.74) is -0.673. The van der Waals surface area contributed by atoms with E-state index in [1.807, 2.05) is 4.90 Å². The minimum Gasteiger partial charge on any atom is -0.461 e. The average molecular weight is 731 g/mol. The molecule has 1 amide bonds. The molecule has 4 aromatic rings. The highest BCUT2D eigenvalue weighted by Gasteiger charge is 2.49. The van der Waals surface area contributed by atoms with E-state index in [0.717, 1.165) is 38.6 Å². The molecular formula is C39H41F3N6O5. The van der Waals surface area contributed by atoms with Gasteiger partial charge in [-0.2, -0.15) is 9.97 Å². The first-order chi connectivity index (χ1) is 25.8. The second-order valence-corrected chi connectivity index (χ2v) is 14.3. The van der Waals surface area contributed by atoms with Gasteiger partial charge in [0.2, 0.25) is 0 Å². The van der Waals surface area contributed by atoms with Crippen LogP contribution in [-0.2, 0) is 9.47 Å². The maximum Gasteiger partial charge on any atom is 0.415 e. The summed E-state index contributed by atoms with van der Waals surface area (Å²) < 4.78 is 70.1. The van der Waals surface area contributed by atoms with Crippen LogP contribution in [0.3, 0.4) is 0 Å². The molecule has 0 unspecified atom stereocenters. The van der Waals surface area contributed by atoms with Gasteiger partial charge in [0.1, 0.15) is 41.4 Å². The van der Waals surface area contributed by atoms with E-state index >= 15 is 8.78 Å². The highest BCUT2D eigenvalue weighted by Crippen LogP contribution is 2.42. The average Bonchev–Trinajstić information content (AvgIpc) is 3.78. The zero-order chi connectivity index (χ0) is 36.7.